The number of hydrazine groups is 1. The number of para-hydroxylation sites is 2. The van der Waals surface area contributed by atoms with Crippen molar-refractivity contribution >= 4 is 17.3 Å². The number of unbranched alkanes of at least 4 members (excludes halogenated alkanes) is 2. The topological polar surface area (TPSA) is 32.3 Å². The molecule has 0 bridgehead atoms. The third-order valence-electron chi connectivity index (χ3n) is 3.27. The minimum absolute atomic E-state index is 0.0958. The summed E-state index contributed by atoms with van der Waals surface area (Å²) < 4.78 is 0. The smallest absolute Gasteiger partial charge is 0.245 e. The summed E-state index contributed by atoms with van der Waals surface area (Å²) in [6.45, 7) is 2.14. The Morgan fingerprint density at radius 3 is 2.19 bits per heavy atom. The number of nitrogens with one attached hydrogen (secondary N) is 1. The lowest BCUT2D eigenvalue weighted by molar-refractivity contribution is -0.118. The van der Waals surface area contributed by atoms with Crippen molar-refractivity contribution in [3.63, 3.8) is 0 Å². The maximum Gasteiger partial charge on any atom is 0.245 e. The molecule has 0 atom stereocenters. The van der Waals surface area contributed by atoms with Crippen molar-refractivity contribution in [3.8, 4) is 0 Å². The summed E-state index contributed by atoms with van der Waals surface area (Å²) in [5.74, 6) is 0.0958. The van der Waals surface area contributed by atoms with Gasteiger partial charge in [0.15, 0.2) is 0 Å². The lowest BCUT2D eigenvalue weighted by Crippen LogP contribution is -2.36. The number of rotatable bonds is 7. The Balaban J connectivity index is 2.12. The average molecular weight is 282 g/mol. The van der Waals surface area contributed by atoms with E-state index in [1.54, 1.807) is 5.01 Å². The molecule has 21 heavy (non-hydrogen) atoms. The molecule has 110 valence electrons. The van der Waals surface area contributed by atoms with Crippen LogP contribution in [0.2, 0.25) is 0 Å². The number of carbonyl (C=O) groups is 1. The predicted octanol–water partition coefficient (Wildman–Crippen LogP) is 4.63. The zero-order valence-corrected chi connectivity index (χ0v) is 12.5. The van der Waals surface area contributed by atoms with E-state index < -0.39 is 0 Å². The molecule has 0 saturated carbocycles. The van der Waals surface area contributed by atoms with Gasteiger partial charge in [0.05, 0.1) is 11.4 Å². The SMILES string of the molecule is CCCCCC(=O)N(Nc1ccccc1)c1ccccc1. The van der Waals surface area contributed by atoms with E-state index >= 15 is 0 Å². The highest BCUT2D eigenvalue weighted by molar-refractivity contribution is 5.95. The fraction of sp³-hybridized carbons (Fsp3) is 0.278. The molecule has 0 aromatic heterocycles. The van der Waals surface area contributed by atoms with E-state index in [1.165, 1.54) is 0 Å². The van der Waals surface area contributed by atoms with Crippen molar-refractivity contribution < 1.29 is 4.79 Å². The van der Waals surface area contributed by atoms with E-state index in [9.17, 15) is 4.79 Å². The third kappa shape index (κ3) is 4.63. The molecule has 1 amide bonds. The first-order valence-corrected chi connectivity index (χ1v) is 7.51. The monoisotopic (exact) mass is 282 g/mol. The normalized spacial score (nSPS) is 10.1. The molecule has 2 aromatic rings. The van der Waals surface area contributed by atoms with Crippen LogP contribution < -0.4 is 10.4 Å². The largest absolute Gasteiger partial charge is 0.291 e. The van der Waals surface area contributed by atoms with Crippen LogP contribution in [0.5, 0.6) is 0 Å². The summed E-state index contributed by atoms with van der Waals surface area (Å²) in [5.41, 5.74) is 4.98. The van der Waals surface area contributed by atoms with Gasteiger partial charge >= 0.3 is 0 Å². The van der Waals surface area contributed by atoms with Crippen molar-refractivity contribution in [2.45, 2.75) is 32.6 Å². The van der Waals surface area contributed by atoms with Crippen molar-refractivity contribution in [2.75, 3.05) is 10.4 Å². The minimum atomic E-state index is 0.0958. The summed E-state index contributed by atoms with van der Waals surface area (Å²) in [7, 11) is 0. The Labute approximate surface area is 126 Å². The van der Waals surface area contributed by atoms with Gasteiger partial charge in [-0.25, -0.2) is 5.01 Å². The second-order valence-corrected chi connectivity index (χ2v) is 5.00. The average Bonchev–Trinajstić information content (AvgIpc) is 2.54. The maximum atomic E-state index is 12.5. The van der Waals surface area contributed by atoms with Gasteiger partial charge in [0, 0.05) is 6.42 Å². The van der Waals surface area contributed by atoms with Crippen LogP contribution in [0.25, 0.3) is 0 Å². The number of hydrogen-bond acceptors (Lipinski definition) is 2. The fourth-order valence-electron chi connectivity index (χ4n) is 2.13. The maximum absolute atomic E-state index is 12.5. The van der Waals surface area contributed by atoms with Gasteiger partial charge in [-0.1, -0.05) is 56.2 Å². The Bertz CT molecular complexity index is 540. The predicted molar refractivity (Wildman–Crippen MR) is 88.1 cm³/mol. The highest BCUT2D eigenvalue weighted by Gasteiger charge is 2.15. The molecule has 0 unspecified atom stereocenters. The molecule has 0 aliphatic carbocycles. The number of benzene rings is 2. The number of hydrogen-bond donors (Lipinski definition) is 1. The molecule has 2 aromatic carbocycles. The summed E-state index contributed by atoms with van der Waals surface area (Å²) >= 11 is 0. The van der Waals surface area contributed by atoms with Gasteiger partial charge in [-0.15, -0.1) is 0 Å². The van der Waals surface area contributed by atoms with Gasteiger partial charge in [0.1, 0.15) is 0 Å². The van der Waals surface area contributed by atoms with E-state index in [0.717, 1.165) is 30.6 Å². The quantitative estimate of drug-likeness (QED) is 0.593. The zero-order valence-electron chi connectivity index (χ0n) is 12.5. The van der Waals surface area contributed by atoms with Crippen molar-refractivity contribution in [2.24, 2.45) is 0 Å². The van der Waals surface area contributed by atoms with Crippen LogP contribution in [0.1, 0.15) is 32.6 Å². The lowest BCUT2D eigenvalue weighted by Gasteiger charge is -2.24. The first-order valence-electron chi connectivity index (χ1n) is 7.51. The minimum Gasteiger partial charge on any atom is -0.291 e. The molecule has 0 heterocycles. The van der Waals surface area contributed by atoms with Crippen LogP contribution in [-0.4, -0.2) is 5.91 Å². The molecule has 1 N–H and O–H groups in total. The molecule has 0 spiro atoms. The first kappa shape index (κ1) is 15.1. The number of amides is 1. The van der Waals surface area contributed by atoms with E-state index in [4.69, 9.17) is 0 Å². The van der Waals surface area contributed by atoms with E-state index in [2.05, 4.69) is 12.3 Å². The lowest BCUT2D eigenvalue weighted by atomic mass is 10.2. The van der Waals surface area contributed by atoms with Gasteiger partial charge in [0.2, 0.25) is 5.91 Å². The third-order valence-corrected chi connectivity index (χ3v) is 3.27. The van der Waals surface area contributed by atoms with Gasteiger partial charge in [-0.2, -0.15) is 0 Å². The Morgan fingerprint density at radius 2 is 1.57 bits per heavy atom. The Morgan fingerprint density at radius 1 is 0.952 bits per heavy atom. The first-order chi connectivity index (χ1) is 10.3. The van der Waals surface area contributed by atoms with E-state index in [-0.39, 0.29) is 5.91 Å². The number of nitrogens with zero attached hydrogens (tertiary/aromatic N) is 1. The highest BCUT2D eigenvalue weighted by atomic mass is 16.2. The van der Waals surface area contributed by atoms with Gasteiger partial charge in [-0.05, 0) is 30.7 Å². The molecule has 0 fully saturated rings. The van der Waals surface area contributed by atoms with E-state index in [0.29, 0.717) is 6.42 Å². The highest BCUT2D eigenvalue weighted by Crippen LogP contribution is 2.18. The standard InChI is InChI=1S/C18H22N2O/c1-2-3-6-15-18(21)20(17-13-9-5-10-14-17)19-16-11-7-4-8-12-16/h4-5,7-14,19H,2-3,6,15H2,1H3. The van der Waals surface area contributed by atoms with Crippen LogP contribution >= 0.6 is 0 Å². The Hall–Kier alpha value is -2.29. The van der Waals surface area contributed by atoms with Crippen LogP contribution in [-0.2, 0) is 4.79 Å². The molecule has 3 nitrogen and oxygen atoms in total. The van der Waals surface area contributed by atoms with Gasteiger partial charge in [0.25, 0.3) is 0 Å². The molecule has 0 saturated heterocycles. The summed E-state index contributed by atoms with van der Waals surface area (Å²) in [4.78, 5) is 12.5. The van der Waals surface area contributed by atoms with Crippen LogP contribution in [0.15, 0.2) is 60.7 Å². The van der Waals surface area contributed by atoms with Gasteiger partial charge < -0.3 is 0 Å². The second-order valence-electron chi connectivity index (χ2n) is 5.00. The van der Waals surface area contributed by atoms with Crippen molar-refractivity contribution in [1.29, 1.82) is 0 Å². The molecular formula is C18H22N2O. The second kappa shape index (κ2) is 8.10. The van der Waals surface area contributed by atoms with Gasteiger partial charge in [-0.3, -0.25) is 10.2 Å². The fourth-order valence-corrected chi connectivity index (χ4v) is 2.13. The summed E-state index contributed by atoms with van der Waals surface area (Å²) in [6, 6.07) is 19.5. The zero-order chi connectivity index (χ0) is 14.9. The molecular weight excluding hydrogens is 260 g/mol. The molecule has 0 radical (unpaired) electrons. The van der Waals surface area contributed by atoms with Crippen LogP contribution in [0, 0.1) is 0 Å². The molecule has 2 rings (SSSR count). The number of carbonyl (C=O) groups excluding carboxylic acids is 1. The van der Waals surface area contributed by atoms with Crippen LogP contribution in [0.4, 0.5) is 11.4 Å². The number of anilines is 2. The molecule has 3 heteroatoms. The van der Waals surface area contributed by atoms with Crippen molar-refractivity contribution in [3.05, 3.63) is 60.7 Å². The summed E-state index contributed by atoms with van der Waals surface area (Å²) in [6.07, 6.45) is 3.68. The van der Waals surface area contributed by atoms with Crippen molar-refractivity contribution in [1.82, 2.24) is 0 Å². The molecule has 0 aliphatic rings. The van der Waals surface area contributed by atoms with E-state index in [1.807, 2.05) is 60.7 Å². The van der Waals surface area contributed by atoms with Crippen LogP contribution in [0.3, 0.4) is 0 Å². The summed E-state index contributed by atoms with van der Waals surface area (Å²) in [5, 5.41) is 1.64. The Kier molecular flexibility index (Phi) is 5.83. The molecule has 0 aliphatic heterocycles.